The highest BCUT2D eigenvalue weighted by molar-refractivity contribution is 7.47. The van der Waals surface area contributed by atoms with Crippen LogP contribution in [0.15, 0.2) is 0 Å². The molecule has 0 rings (SSSR count). The predicted octanol–water partition coefficient (Wildman–Crippen LogP) is 17.0. The van der Waals surface area contributed by atoms with Crippen molar-refractivity contribution in [2.24, 2.45) is 23.7 Å². The van der Waals surface area contributed by atoms with Crippen molar-refractivity contribution in [2.75, 3.05) is 39.6 Å². The number of esters is 4. The average Bonchev–Trinajstić information content (AvgIpc) is 3.41. The fourth-order valence-electron chi connectivity index (χ4n) is 9.25. The lowest BCUT2D eigenvalue weighted by Gasteiger charge is -2.21. The zero-order valence-corrected chi connectivity index (χ0v) is 54.9. The number of hydrogen-bond acceptors (Lipinski definition) is 15. The van der Waals surface area contributed by atoms with Crippen molar-refractivity contribution in [1.82, 2.24) is 0 Å². The van der Waals surface area contributed by atoms with E-state index < -0.39 is 97.5 Å². The van der Waals surface area contributed by atoms with Crippen LogP contribution in [-0.2, 0) is 65.4 Å². The van der Waals surface area contributed by atoms with Gasteiger partial charge in [-0.25, -0.2) is 9.13 Å². The van der Waals surface area contributed by atoms with Gasteiger partial charge < -0.3 is 33.8 Å². The lowest BCUT2D eigenvalue weighted by Crippen LogP contribution is -2.30. The van der Waals surface area contributed by atoms with E-state index in [1.165, 1.54) is 89.9 Å². The van der Waals surface area contributed by atoms with Gasteiger partial charge in [0.25, 0.3) is 0 Å². The van der Waals surface area contributed by atoms with Gasteiger partial charge in [-0.15, -0.1) is 0 Å². The van der Waals surface area contributed by atoms with Gasteiger partial charge in [0.2, 0.25) is 0 Å². The van der Waals surface area contributed by atoms with Crippen LogP contribution in [0.4, 0.5) is 0 Å². The van der Waals surface area contributed by atoms with E-state index in [-0.39, 0.29) is 25.7 Å². The molecule has 0 bridgehead atoms. The molecule has 0 saturated heterocycles. The summed E-state index contributed by atoms with van der Waals surface area (Å²) in [5.74, 6) is 0.685. The molecule has 82 heavy (non-hydrogen) atoms. The number of aliphatic hydroxyl groups is 1. The first-order valence-electron chi connectivity index (χ1n) is 32.7. The number of rotatable bonds is 60. The van der Waals surface area contributed by atoms with Crippen LogP contribution >= 0.6 is 15.6 Å². The minimum atomic E-state index is -4.94. The molecule has 0 saturated carbocycles. The van der Waals surface area contributed by atoms with Gasteiger partial charge in [0, 0.05) is 25.7 Å². The number of aliphatic hydroxyl groups excluding tert-OH is 1. The van der Waals surface area contributed by atoms with E-state index in [2.05, 4.69) is 55.4 Å². The molecule has 0 aliphatic rings. The van der Waals surface area contributed by atoms with Crippen LogP contribution in [0.1, 0.15) is 299 Å². The minimum absolute atomic E-state index is 0.103. The number of carbonyl (C=O) groups excluding carboxylic acids is 4. The summed E-state index contributed by atoms with van der Waals surface area (Å²) in [5, 5.41) is 10.5. The van der Waals surface area contributed by atoms with Gasteiger partial charge in [0.15, 0.2) is 12.2 Å². The summed E-state index contributed by atoms with van der Waals surface area (Å²) in [4.78, 5) is 72.1. The highest BCUT2D eigenvalue weighted by Crippen LogP contribution is 2.45. The molecule has 2 unspecified atom stereocenters. The second-order valence-corrected chi connectivity index (χ2v) is 27.6. The molecule has 17 nitrogen and oxygen atoms in total. The van der Waals surface area contributed by atoms with E-state index >= 15 is 0 Å². The molecule has 0 heterocycles. The zero-order valence-electron chi connectivity index (χ0n) is 53.1. The van der Waals surface area contributed by atoms with E-state index in [1.807, 2.05) is 0 Å². The molecule has 0 aromatic rings. The molecular formula is C63H122O17P2. The molecular weight excluding hydrogens is 1090 g/mol. The van der Waals surface area contributed by atoms with Crippen molar-refractivity contribution in [3.05, 3.63) is 0 Å². The largest absolute Gasteiger partial charge is 0.472 e. The second-order valence-electron chi connectivity index (χ2n) is 24.7. The summed E-state index contributed by atoms with van der Waals surface area (Å²) in [6.07, 6.45) is 32.4. The Kier molecular flexibility index (Phi) is 52.0. The third-order valence-corrected chi connectivity index (χ3v) is 16.2. The van der Waals surface area contributed by atoms with Crippen LogP contribution < -0.4 is 0 Å². The first-order valence-corrected chi connectivity index (χ1v) is 35.7. The van der Waals surface area contributed by atoms with Crippen LogP contribution in [0, 0.1) is 23.7 Å². The van der Waals surface area contributed by atoms with Gasteiger partial charge in [-0.05, 0) is 49.4 Å². The Hall–Kier alpha value is -1.94. The van der Waals surface area contributed by atoms with Crippen LogP contribution in [0.2, 0.25) is 0 Å². The third kappa shape index (κ3) is 57.2. The molecule has 0 spiro atoms. The molecule has 3 N–H and O–H groups in total. The molecule has 0 aliphatic heterocycles. The maximum absolute atomic E-state index is 13.0. The van der Waals surface area contributed by atoms with Gasteiger partial charge in [0.1, 0.15) is 19.3 Å². The summed E-state index contributed by atoms with van der Waals surface area (Å²) in [6, 6.07) is 0. The summed E-state index contributed by atoms with van der Waals surface area (Å²) in [5.41, 5.74) is 0. The fourth-order valence-corrected chi connectivity index (χ4v) is 10.8. The number of ether oxygens (including phenoxy) is 4. The molecule has 0 amide bonds. The molecule has 0 aliphatic carbocycles. The second kappa shape index (κ2) is 53.3. The Morgan fingerprint density at radius 1 is 0.305 bits per heavy atom. The number of phosphoric ester groups is 2. The summed E-state index contributed by atoms with van der Waals surface area (Å²) >= 11 is 0. The Bertz CT molecular complexity index is 1640. The van der Waals surface area contributed by atoms with Crippen molar-refractivity contribution in [3.8, 4) is 0 Å². The average molecular weight is 1210 g/mol. The molecule has 19 heteroatoms. The quantitative estimate of drug-likeness (QED) is 0.0222. The number of unbranched alkanes of at least 4 members (excludes halogenated alkanes) is 26. The zero-order chi connectivity index (χ0) is 61.1. The Balaban J connectivity index is 5.24. The predicted molar refractivity (Wildman–Crippen MR) is 326 cm³/mol. The number of hydrogen-bond donors (Lipinski definition) is 3. The maximum atomic E-state index is 13.0. The van der Waals surface area contributed by atoms with E-state index in [4.69, 9.17) is 37.0 Å². The number of phosphoric acid groups is 2. The van der Waals surface area contributed by atoms with Gasteiger partial charge in [-0.3, -0.25) is 37.3 Å². The Morgan fingerprint density at radius 3 is 0.756 bits per heavy atom. The fraction of sp³-hybridized carbons (Fsp3) is 0.937. The monoisotopic (exact) mass is 1210 g/mol. The first kappa shape index (κ1) is 80.1. The van der Waals surface area contributed by atoms with Crippen molar-refractivity contribution in [2.45, 2.75) is 318 Å². The lowest BCUT2D eigenvalue weighted by molar-refractivity contribution is -0.161. The third-order valence-electron chi connectivity index (χ3n) is 14.3. The van der Waals surface area contributed by atoms with Gasteiger partial charge in [0.05, 0.1) is 26.4 Å². The van der Waals surface area contributed by atoms with E-state index in [1.54, 1.807) is 0 Å². The smallest absolute Gasteiger partial charge is 0.462 e. The van der Waals surface area contributed by atoms with E-state index in [0.29, 0.717) is 37.5 Å². The van der Waals surface area contributed by atoms with Crippen molar-refractivity contribution in [3.63, 3.8) is 0 Å². The lowest BCUT2D eigenvalue weighted by atomic mass is 10.0. The SMILES string of the molecule is CC(C)CCCCCCCCCCCCC(=O)O[C@H](COC(=O)CCCCCCCCC(C)C)COP(=O)(O)OC[C@@H](O)COP(=O)(O)OC[C@@H](COC(=O)CCCCCCCCC(C)C)OC(=O)CCCCCCCCCCC(C)C. The summed E-state index contributed by atoms with van der Waals surface area (Å²) < 4.78 is 67.9. The van der Waals surface area contributed by atoms with Crippen molar-refractivity contribution < 1.29 is 80.2 Å². The standard InChI is InChI=1S/C63H122O17P2/c1-53(2)39-31-23-15-11-9-10-12-17-29-37-45-62(67)79-58(49-73-60(65)43-35-27-21-19-25-33-41-55(5)6)51-77-81(69,70)75-47-57(64)48-76-82(71,72)78-52-59(50-74-61(66)44-36-28-22-20-26-34-42-56(7)8)80-63(68)46-38-30-18-14-13-16-24-32-40-54(3)4/h53-59,64H,9-52H2,1-8H3,(H,69,70)(H,71,72)/t57-,58-,59-/m1/s1. The highest BCUT2D eigenvalue weighted by atomic mass is 31.2. The summed E-state index contributed by atoms with van der Waals surface area (Å²) in [6.45, 7) is 13.9. The van der Waals surface area contributed by atoms with Gasteiger partial charge in [-0.1, -0.05) is 248 Å². The topological polar surface area (TPSA) is 237 Å². The van der Waals surface area contributed by atoms with Crippen LogP contribution in [0.5, 0.6) is 0 Å². The first-order chi connectivity index (χ1) is 39.1. The van der Waals surface area contributed by atoms with Crippen molar-refractivity contribution in [1.29, 1.82) is 0 Å². The highest BCUT2D eigenvalue weighted by Gasteiger charge is 2.30. The molecule has 486 valence electrons. The molecule has 0 aromatic carbocycles. The molecule has 5 atom stereocenters. The van der Waals surface area contributed by atoms with Crippen LogP contribution in [0.25, 0.3) is 0 Å². The molecule has 0 aromatic heterocycles. The molecule has 0 fully saturated rings. The van der Waals surface area contributed by atoms with E-state index in [9.17, 15) is 43.2 Å². The van der Waals surface area contributed by atoms with E-state index in [0.717, 1.165) is 115 Å². The van der Waals surface area contributed by atoms with Crippen LogP contribution in [0.3, 0.4) is 0 Å². The van der Waals surface area contributed by atoms with Crippen molar-refractivity contribution >= 4 is 39.5 Å². The Morgan fingerprint density at radius 2 is 0.512 bits per heavy atom. The van der Waals surface area contributed by atoms with Crippen LogP contribution in [-0.4, -0.2) is 96.7 Å². The molecule has 0 radical (unpaired) electrons. The Labute approximate surface area is 498 Å². The maximum Gasteiger partial charge on any atom is 0.472 e. The summed E-state index contributed by atoms with van der Waals surface area (Å²) in [7, 11) is -9.89. The minimum Gasteiger partial charge on any atom is -0.462 e. The normalized spacial score (nSPS) is 14.5. The van der Waals surface area contributed by atoms with Gasteiger partial charge in [-0.2, -0.15) is 0 Å². The van der Waals surface area contributed by atoms with Gasteiger partial charge >= 0.3 is 39.5 Å². The number of carbonyl (C=O) groups is 4.